The van der Waals surface area contributed by atoms with Gasteiger partial charge in [0.25, 0.3) is 11.8 Å². The topological polar surface area (TPSA) is 94.6 Å². The number of hydrogen-bond donors (Lipinski definition) is 0. The van der Waals surface area contributed by atoms with Crippen LogP contribution < -0.4 is 0 Å². The monoisotopic (exact) mass is 440 g/mol. The highest BCUT2D eigenvalue weighted by Crippen LogP contribution is 2.23. The minimum Gasteiger partial charge on any atom is -0.379 e. The van der Waals surface area contributed by atoms with E-state index in [2.05, 4.69) is 13.8 Å². The van der Waals surface area contributed by atoms with Gasteiger partial charge in [0, 0.05) is 25.2 Å². The number of amides is 3. The normalized spacial score (nSPS) is 18.7. The Hall–Kier alpha value is -1.81. The average Bonchev–Trinajstić information content (AvgIpc) is 3.36. The first-order chi connectivity index (χ1) is 15.0. The molecule has 0 aromatic heterocycles. The lowest BCUT2D eigenvalue weighted by molar-refractivity contribution is -0.137. The molecule has 176 valence electrons. The summed E-state index contributed by atoms with van der Waals surface area (Å²) in [5.74, 6) is 0.818. The van der Waals surface area contributed by atoms with E-state index >= 15 is 0 Å². The Balaban J connectivity index is 1.31. The summed E-state index contributed by atoms with van der Waals surface area (Å²) >= 11 is 0. The molecule has 1 saturated heterocycles. The molecule has 31 heavy (non-hydrogen) atoms. The predicted octanol–water partition coefficient (Wildman–Crippen LogP) is 0.872. The molecule has 0 aliphatic carbocycles. The molecule has 0 saturated carbocycles. The molecule has 2 heterocycles. The van der Waals surface area contributed by atoms with Crippen LogP contribution in [0.15, 0.2) is 12.2 Å². The van der Waals surface area contributed by atoms with Crippen molar-refractivity contribution in [3.8, 4) is 0 Å². The molecule has 2 aliphatic rings. The molecule has 0 unspecified atom stereocenters. The highest BCUT2D eigenvalue weighted by Gasteiger charge is 2.27. The van der Waals surface area contributed by atoms with Crippen molar-refractivity contribution in [1.82, 2.24) is 9.80 Å². The van der Waals surface area contributed by atoms with Crippen LogP contribution in [0.5, 0.6) is 0 Å². The molecule has 0 N–H and O–H groups in total. The molecule has 1 fully saturated rings. The maximum absolute atomic E-state index is 12.2. The third kappa shape index (κ3) is 9.47. The number of likely N-dealkylation sites (tertiary alicyclic amines) is 1. The summed E-state index contributed by atoms with van der Waals surface area (Å²) < 4.78 is 21.6. The van der Waals surface area contributed by atoms with Crippen molar-refractivity contribution in [3.63, 3.8) is 0 Å². The number of ether oxygens (including phenoxy) is 4. The van der Waals surface area contributed by atoms with Gasteiger partial charge in [-0.05, 0) is 18.3 Å². The van der Waals surface area contributed by atoms with E-state index in [1.165, 1.54) is 12.2 Å². The molecule has 2 aliphatic heterocycles. The van der Waals surface area contributed by atoms with E-state index < -0.39 is 0 Å². The summed E-state index contributed by atoms with van der Waals surface area (Å²) in [7, 11) is 0. The van der Waals surface area contributed by atoms with Gasteiger partial charge in [0.1, 0.15) is 0 Å². The van der Waals surface area contributed by atoms with Gasteiger partial charge >= 0.3 is 0 Å². The van der Waals surface area contributed by atoms with E-state index in [0.717, 1.165) is 24.4 Å². The fraction of sp³-hybridized carbons (Fsp3) is 0.773. The quantitative estimate of drug-likeness (QED) is 0.260. The Morgan fingerprint density at radius 1 is 0.903 bits per heavy atom. The SMILES string of the molecule is CC(C)[C@@H]1CCN(C(=O)CCOCCOCCOCCOCCN2C(=O)C=CC2=O)C1. The van der Waals surface area contributed by atoms with Crippen LogP contribution in [0.2, 0.25) is 0 Å². The first-order valence-electron chi connectivity index (χ1n) is 11.1. The molecule has 0 spiro atoms. The van der Waals surface area contributed by atoms with Crippen LogP contribution in [0.4, 0.5) is 0 Å². The lowest BCUT2D eigenvalue weighted by atomic mass is 9.95. The minimum absolute atomic E-state index is 0.176. The van der Waals surface area contributed by atoms with Gasteiger partial charge in [-0.2, -0.15) is 0 Å². The molecule has 9 nitrogen and oxygen atoms in total. The van der Waals surface area contributed by atoms with E-state index in [4.69, 9.17) is 18.9 Å². The van der Waals surface area contributed by atoms with Gasteiger partial charge in [-0.1, -0.05) is 13.8 Å². The van der Waals surface area contributed by atoms with Crippen LogP contribution in [-0.4, -0.2) is 100 Å². The van der Waals surface area contributed by atoms with E-state index in [1.54, 1.807) is 0 Å². The summed E-state index contributed by atoms with van der Waals surface area (Å²) in [4.78, 5) is 38.0. The zero-order valence-electron chi connectivity index (χ0n) is 18.8. The molecule has 0 aromatic carbocycles. The fourth-order valence-corrected chi connectivity index (χ4v) is 3.44. The number of carbonyl (C=O) groups is 3. The molecule has 1 atom stereocenters. The highest BCUT2D eigenvalue weighted by atomic mass is 16.6. The van der Waals surface area contributed by atoms with Gasteiger partial charge in [-0.25, -0.2) is 0 Å². The first-order valence-corrected chi connectivity index (χ1v) is 11.1. The Labute approximate surface area is 184 Å². The zero-order chi connectivity index (χ0) is 22.5. The largest absolute Gasteiger partial charge is 0.379 e. The fourth-order valence-electron chi connectivity index (χ4n) is 3.44. The van der Waals surface area contributed by atoms with Crippen LogP contribution >= 0.6 is 0 Å². The van der Waals surface area contributed by atoms with Crippen LogP contribution in [0.25, 0.3) is 0 Å². The number of nitrogens with zero attached hydrogens (tertiary/aromatic N) is 2. The Kier molecular flexibility index (Phi) is 11.7. The Morgan fingerprint density at radius 3 is 1.94 bits per heavy atom. The van der Waals surface area contributed by atoms with Gasteiger partial charge < -0.3 is 23.8 Å². The van der Waals surface area contributed by atoms with Crippen LogP contribution in [0, 0.1) is 11.8 Å². The predicted molar refractivity (Wildman–Crippen MR) is 113 cm³/mol. The van der Waals surface area contributed by atoms with Crippen molar-refractivity contribution in [2.75, 3.05) is 72.5 Å². The van der Waals surface area contributed by atoms with Gasteiger partial charge in [-0.15, -0.1) is 0 Å². The Bertz CT molecular complexity index is 591. The molecule has 9 heteroatoms. The van der Waals surface area contributed by atoms with Gasteiger partial charge in [0.05, 0.1) is 65.8 Å². The molecule has 0 bridgehead atoms. The summed E-state index contributed by atoms with van der Waals surface area (Å²) in [6.45, 7) is 9.72. The second-order valence-electron chi connectivity index (χ2n) is 7.99. The highest BCUT2D eigenvalue weighted by molar-refractivity contribution is 6.12. The van der Waals surface area contributed by atoms with Crippen LogP contribution in [-0.2, 0) is 33.3 Å². The second-order valence-corrected chi connectivity index (χ2v) is 7.99. The second kappa shape index (κ2) is 14.3. The van der Waals surface area contributed by atoms with Crippen molar-refractivity contribution in [2.24, 2.45) is 11.8 Å². The van der Waals surface area contributed by atoms with Gasteiger partial charge in [0.2, 0.25) is 5.91 Å². The van der Waals surface area contributed by atoms with Crippen molar-refractivity contribution in [3.05, 3.63) is 12.2 Å². The van der Waals surface area contributed by atoms with Crippen LogP contribution in [0.1, 0.15) is 26.7 Å². The third-order valence-corrected chi connectivity index (χ3v) is 5.46. The minimum atomic E-state index is -0.302. The number of hydrogen-bond acceptors (Lipinski definition) is 7. The summed E-state index contributed by atoms with van der Waals surface area (Å²) in [6, 6.07) is 0. The molecular weight excluding hydrogens is 404 g/mol. The van der Waals surface area contributed by atoms with Gasteiger partial charge in [-0.3, -0.25) is 19.3 Å². The van der Waals surface area contributed by atoms with E-state index in [9.17, 15) is 14.4 Å². The van der Waals surface area contributed by atoms with E-state index in [0.29, 0.717) is 64.5 Å². The maximum atomic E-state index is 12.2. The lowest BCUT2D eigenvalue weighted by Gasteiger charge is -2.18. The smallest absolute Gasteiger partial charge is 0.253 e. The number of carbonyl (C=O) groups excluding carboxylic acids is 3. The molecule has 3 amide bonds. The molecular formula is C22H36N2O7. The third-order valence-electron chi connectivity index (χ3n) is 5.46. The number of rotatable bonds is 16. The zero-order valence-corrected chi connectivity index (χ0v) is 18.8. The van der Waals surface area contributed by atoms with Crippen molar-refractivity contribution < 1.29 is 33.3 Å². The molecule has 0 radical (unpaired) electrons. The standard InChI is InChI=1S/C22H36N2O7/c1-18(2)19-5-7-23(17-19)20(25)6-9-28-11-13-30-15-16-31-14-12-29-10-8-24-21(26)3-4-22(24)27/h3-4,18-19H,5-17H2,1-2H3/t19-/m1/s1. The van der Waals surface area contributed by atoms with Crippen LogP contribution in [0.3, 0.4) is 0 Å². The maximum Gasteiger partial charge on any atom is 0.253 e. The van der Waals surface area contributed by atoms with Crippen molar-refractivity contribution in [1.29, 1.82) is 0 Å². The molecule has 0 aromatic rings. The Morgan fingerprint density at radius 2 is 1.42 bits per heavy atom. The summed E-state index contributed by atoms with van der Waals surface area (Å²) in [6.07, 6.45) is 4.04. The lowest BCUT2D eigenvalue weighted by Crippen LogP contribution is -2.33. The van der Waals surface area contributed by atoms with Gasteiger partial charge in [0.15, 0.2) is 0 Å². The van der Waals surface area contributed by atoms with E-state index in [1.807, 2.05) is 4.90 Å². The summed E-state index contributed by atoms with van der Waals surface area (Å²) in [5, 5.41) is 0. The summed E-state index contributed by atoms with van der Waals surface area (Å²) in [5.41, 5.74) is 0. The number of imide groups is 1. The van der Waals surface area contributed by atoms with Crippen molar-refractivity contribution in [2.45, 2.75) is 26.7 Å². The van der Waals surface area contributed by atoms with Crippen molar-refractivity contribution >= 4 is 17.7 Å². The average molecular weight is 441 g/mol. The first kappa shape index (κ1) is 25.5. The van der Waals surface area contributed by atoms with E-state index in [-0.39, 0.29) is 30.9 Å². The molecule has 2 rings (SSSR count).